The summed E-state index contributed by atoms with van der Waals surface area (Å²) in [5, 5.41) is 0.687. The number of ketones is 1. The molecule has 184 valence electrons. The van der Waals surface area contributed by atoms with E-state index in [4.69, 9.17) is 21.1 Å². The first kappa shape index (κ1) is 25.4. The minimum absolute atomic E-state index is 0.0551. The molecule has 35 heavy (non-hydrogen) atoms. The van der Waals surface area contributed by atoms with Gasteiger partial charge in [-0.1, -0.05) is 54.9 Å². The van der Waals surface area contributed by atoms with E-state index in [0.717, 1.165) is 35.3 Å². The second-order valence-electron chi connectivity index (χ2n) is 8.80. The second-order valence-corrected chi connectivity index (χ2v) is 11.5. The first-order valence-corrected chi connectivity index (χ1v) is 13.8. The summed E-state index contributed by atoms with van der Waals surface area (Å²) in [5.74, 6) is 0.858. The summed E-state index contributed by atoms with van der Waals surface area (Å²) in [6.45, 7) is 2.87. The van der Waals surface area contributed by atoms with Crippen LogP contribution >= 0.6 is 11.6 Å². The van der Waals surface area contributed by atoms with Crippen molar-refractivity contribution in [1.82, 2.24) is 0 Å². The highest BCUT2D eigenvalue weighted by atomic mass is 35.5. The minimum Gasteiger partial charge on any atom is -0.482 e. The van der Waals surface area contributed by atoms with Gasteiger partial charge in [-0.2, -0.15) is 0 Å². The molecule has 3 aromatic rings. The van der Waals surface area contributed by atoms with Crippen molar-refractivity contribution in [3.05, 3.63) is 94.5 Å². The molecule has 1 aliphatic heterocycles. The Morgan fingerprint density at radius 1 is 0.886 bits per heavy atom. The summed E-state index contributed by atoms with van der Waals surface area (Å²) in [5.41, 5.74) is 2.30. The molecule has 0 bridgehead atoms. The highest BCUT2D eigenvalue weighted by molar-refractivity contribution is 7.91. The van der Waals surface area contributed by atoms with E-state index < -0.39 is 15.4 Å². The number of benzene rings is 3. The summed E-state index contributed by atoms with van der Waals surface area (Å²) in [4.78, 5) is 12.9. The highest BCUT2D eigenvalue weighted by Crippen LogP contribution is 2.37. The average molecular weight is 513 g/mol. The zero-order chi connectivity index (χ0) is 24.9. The molecule has 0 spiro atoms. The Bertz CT molecular complexity index is 1240. The third kappa shape index (κ3) is 6.31. The van der Waals surface area contributed by atoms with E-state index in [1.165, 1.54) is 0 Å². The highest BCUT2D eigenvalue weighted by Gasteiger charge is 2.36. The average Bonchev–Trinajstić information content (AvgIpc) is 2.86. The van der Waals surface area contributed by atoms with Crippen LogP contribution in [0.15, 0.2) is 77.7 Å². The van der Waals surface area contributed by atoms with E-state index >= 15 is 0 Å². The van der Waals surface area contributed by atoms with Crippen molar-refractivity contribution in [2.24, 2.45) is 0 Å². The maximum absolute atomic E-state index is 12.6. The molecule has 0 N–H and O–H groups in total. The van der Waals surface area contributed by atoms with Gasteiger partial charge < -0.3 is 9.47 Å². The Kier molecular flexibility index (Phi) is 7.95. The van der Waals surface area contributed by atoms with Crippen molar-refractivity contribution in [2.75, 3.05) is 19.0 Å². The molecule has 0 radical (unpaired) electrons. The largest absolute Gasteiger partial charge is 0.482 e. The van der Waals surface area contributed by atoms with Gasteiger partial charge >= 0.3 is 0 Å². The van der Waals surface area contributed by atoms with Crippen molar-refractivity contribution in [3.8, 4) is 5.75 Å². The topological polar surface area (TPSA) is 69.7 Å². The summed E-state index contributed by atoms with van der Waals surface area (Å²) >= 11 is 6.08. The van der Waals surface area contributed by atoms with E-state index in [1.54, 1.807) is 31.2 Å². The minimum atomic E-state index is -3.24. The number of hydrogen-bond donors (Lipinski definition) is 0. The lowest BCUT2D eigenvalue weighted by Gasteiger charge is -2.38. The van der Waals surface area contributed by atoms with Crippen LogP contribution in [-0.4, -0.2) is 33.2 Å². The molecule has 4 rings (SSSR count). The Morgan fingerprint density at radius 2 is 1.43 bits per heavy atom. The molecule has 5 nitrogen and oxygen atoms in total. The van der Waals surface area contributed by atoms with Gasteiger partial charge in [0.05, 0.1) is 23.9 Å². The summed E-state index contributed by atoms with van der Waals surface area (Å²) < 4.78 is 36.0. The van der Waals surface area contributed by atoms with Crippen LogP contribution in [0.5, 0.6) is 5.75 Å². The van der Waals surface area contributed by atoms with E-state index in [0.29, 0.717) is 24.7 Å². The Labute approximate surface area is 212 Å². The third-order valence-corrected chi connectivity index (χ3v) is 8.37. The van der Waals surface area contributed by atoms with Gasteiger partial charge in [-0.05, 0) is 53.1 Å². The fourth-order valence-corrected chi connectivity index (χ4v) is 5.31. The van der Waals surface area contributed by atoms with E-state index in [-0.39, 0.29) is 22.9 Å². The first-order chi connectivity index (χ1) is 16.8. The number of halogens is 1. The van der Waals surface area contributed by atoms with Crippen LogP contribution in [0.1, 0.15) is 36.5 Å². The van der Waals surface area contributed by atoms with E-state index in [1.807, 2.05) is 48.5 Å². The monoisotopic (exact) mass is 512 g/mol. The van der Waals surface area contributed by atoms with Crippen molar-refractivity contribution < 1.29 is 22.7 Å². The Balaban J connectivity index is 1.40. The fraction of sp³-hybridized carbons (Fsp3) is 0.321. The Hall–Kier alpha value is -2.67. The van der Waals surface area contributed by atoms with Crippen LogP contribution in [0.3, 0.4) is 0 Å². The molecule has 1 saturated heterocycles. The van der Waals surface area contributed by atoms with Gasteiger partial charge in [0, 0.05) is 30.7 Å². The van der Waals surface area contributed by atoms with Gasteiger partial charge in [-0.15, -0.1) is 0 Å². The van der Waals surface area contributed by atoms with Crippen LogP contribution in [-0.2, 0) is 37.8 Å². The fourth-order valence-electron chi connectivity index (χ4n) is 4.30. The molecule has 0 unspecified atom stereocenters. The molecule has 0 saturated carbocycles. The molecule has 3 aromatic carbocycles. The van der Waals surface area contributed by atoms with Crippen molar-refractivity contribution >= 4 is 27.2 Å². The number of carbonyl (C=O) groups excluding carboxylic acids is 1. The number of rotatable bonds is 9. The molecule has 1 aliphatic rings. The molecular weight excluding hydrogens is 484 g/mol. The van der Waals surface area contributed by atoms with E-state index in [2.05, 4.69) is 0 Å². The lowest BCUT2D eigenvalue weighted by Crippen LogP contribution is -2.39. The molecule has 0 amide bonds. The van der Waals surface area contributed by atoms with Crippen molar-refractivity contribution in [3.63, 3.8) is 0 Å². The van der Waals surface area contributed by atoms with E-state index in [9.17, 15) is 13.2 Å². The normalized spacial score (nSPS) is 15.5. The standard InChI is InChI=1S/C28H29ClO5S/c1-2-35(31,32)27-13-5-22(6-14-27)20-25(30)19-21-3-11-26(12-4-21)34-28(15-17-33-18-16-28)23-7-9-24(29)10-8-23/h3-14H,2,15-20H2,1H3. The van der Waals surface area contributed by atoms with Crippen LogP contribution in [0.2, 0.25) is 5.02 Å². The van der Waals surface area contributed by atoms with Gasteiger partial charge in [-0.25, -0.2) is 8.42 Å². The predicted molar refractivity (Wildman–Crippen MR) is 137 cm³/mol. The molecule has 1 fully saturated rings. The van der Waals surface area contributed by atoms with Gasteiger partial charge in [0.25, 0.3) is 0 Å². The van der Waals surface area contributed by atoms with Crippen LogP contribution in [0.25, 0.3) is 0 Å². The molecule has 0 atom stereocenters. The number of sulfone groups is 1. The summed E-state index contributed by atoms with van der Waals surface area (Å²) in [7, 11) is -3.24. The maximum Gasteiger partial charge on any atom is 0.178 e. The number of Topliss-reactive ketones (excluding diaryl/α,β-unsaturated/α-hetero) is 1. The quantitative estimate of drug-likeness (QED) is 0.374. The lowest BCUT2D eigenvalue weighted by atomic mass is 9.86. The SMILES string of the molecule is CCS(=O)(=O)c1ccc(CC(=O)Cc2ccc(OC3(c4ccc(Cl)cc4)CCOCC3)cc2)cc1. The first-order valence-electron chi connectivity index (χ1n) is 11.7. The number of ether oxygens (including phenoxy) is 2. The van der Waals surface area contributed by atoms with Crippen LogP contribution in [0.4, 0.5) is 0 Å². The van der Waals surface area contributed by atoms with Gasteiger partial charge in [0.1, 0.15) is 17.1 Å². The summed E-state index contributed by atoms with van der Waals surface area (Å²) in [6.07, 6.45) is 2.04. The van der Waals surface area contributed by atoms with Gasteiger partial charge in [-0.3, -0.25) is 4.79 Å². The zero-order valence-electron chi connectivity index (χ0n) is 19.7. The number of hydrogen-bond acceptors (Lipinski definition) is 5. The third-order valence-electron chi connectivity index (χ3n) is 6.37. The Morgan fingerprint density at radius 3 is 1.97 bits per heavy atom. The smallest absolute Gasteiger partial charge is 0.178 e. The molecule has 7 heteroatoms. The number of carbonyl (C=O) groups is 1. The van der Waals surface area contributed by atoms with Crippen LogP contribution < -0.4 is 4.74 Å². The predicted octanol–water partition coefficient (Wildman–Crippen LogP) is 5.57. The lowest BCUT2D eigenvalue weighted by molar-refractivity contribution is -0.117. The second kappa shape index (κ2) is 10.9. The van der Waals surface area contributed by atoms with Crippen molar-refractivity contribution in [2.45, 2.75) is 43.1 Å². The molecule has 0 aromatic heterocycles. The molecule has 1 heterocycles. The van der Waals surface area contributed by atoms with Gasteiger partial charge in [0.2, 0.25) is 0 Å². The van der Waals surface area contributed by atoms with Crippen molar-refractivity contribution in [1.29, 1.82) is 0 Å². The molecule has 0 aliphatic carbocycles. The summed E-state index contributed by atoms with van der Waals surface area (Å²) in [6, 6.07) is 22.0. The molecular formula is C28H29ClO5S. The van der Waals surface area contributed by atoms with Gasteiger partial charge in [0.15, 0.2) is 9.84 Å². The zero-order valence-corrected chi connectivity index (χ0v) is 21.3. The maximum atomic E-state index is 12.6. The van der Waals surface area contributed by atoms with Crippen LogP contribution in [0, 0.1) is 0 Å².